The molecule has 0 atom stereocenters. The molecule has 0 aliphatic carbocycles. The van der Waals surface area contributed by atoms with Gasteiger partial charge in [-0.3, -0.25) is 4.79 Å². The molecule has 0 saturated heterocycles. The van der Waals surface area contributed by atoms with Crippen LogP contribution in [0.5, 0.6) is 5.75 Å². The first-order valence-electron chi connectivity index (χ1n) is 8.25. The molecule has 3 aromatic carbocycles. The minimum absolute atomic E-state index is 0.232. The summed E-state index contributed by atoms with van der Waals surface area (Å²) in [4.78, 5) is 17.1. The minimum Gasteiger partial charge on any atom is -0.495 e. The highest BCUT2D eigenvalue weighted by Crippen LogP contribution is 2.32. The second-order valence-corrected chi connectivity index (χ2v) is 6.78. The molecule has 0 radical (unpaired) electrons. The van der Waals surface area contributed by atoms with E-state index >= 15 is 0 Å². The van der Waals surface area contributed by atoms with Crippen molar-refractivity contribution in [2.24, 2.45) is 0 Å². The number of ether oxygens (including phenoxy) is 1. The molecule has 0 unspecified atom stereocenters. The van der Waals surface area contributed by atoms with E-state index in [-0.39, 0.29) is 5.91 Å². The SMILES string of the molecule is COc1ccc(-c2nc3ccccc3o2)cc1NC(=O)c1cccc(Br)c1. The van der Waals surface area contributed by atoms with Crippen LogP contribution in [0.15, 0.2) is 75.6 Å². The number of carbonyl (C=O) groups excluding carboxylic acids is 1. The van der Waals surface area contributed by atoms with Crippen molar-refractivity contribution in [3.05, 3.63) is 76.8 Å². The number of benzene rings is 3. The van der Waals surface area contributed by atoms with E-state index in [0.717, 1.165) is 15.6 Å². The predicted octanol–water partition coefficient (Wildman–Crippen LogP) is 5.52. The quantitative estimate of drug-likeness (QED) is 0.470. The number of hydrogen-bond acceptors (Lipinski definition) is 4. The molecule has 1 N–H and O–H groups in total. The lowest BCUT2D eigenvalue weighted by atomic mass is 10.1. The molecule has 4 rings (SSSR count). The fourth-order valence-electron chi connectivity index (χ4n) is 2.76. The standard InChI is InChI=1S/C21H15BrN2O3/c1-26-18-10-9-14(21-24-16-7-2-3-8-19(16)27-21)12-17(18)23-20(25)13-5-4-6-15(22)11-13/h2-12H,1H3,(H,23,25). The topological polar surface area (TPSA) is 64.4 Å². The fourth-order valence-corrected chi connectivity index (χ4v) is 3.16. The van der Waals surface area contributed by atoms with E-state index in [1.165, 1.54) is 0 Å². The zero-order valence-corrected chi connectivity index (χ0v) is 16.0. The Balaban J connectivity index is 1.69. The third kappa shape index (κ3) is 3.57. The number of nitrogens with zero attached hydrogens (tertiary/aromatic N) is 1. The fraction of sp³-hybridized carbons (Fsp3) is 0.0476. The number of carbonyl (C=O) groups is 1. The lowest BCUT2D eigenvalue weighted by Gasteiger charge is -2.11. The van der Waals surface area contributed by atoms with Crippen molar-refractivity contribution in [3.8, 4) is 17.2 Å². The Morgan fingerprint density at radius 3 is 2.70 bits per heavy atom. The van der Waals surface area contributed by atoms with Gasteiger partial charge in [0.2, 0.25) is 5.89 Å². The molecule has 0 aliphatic rings. The first-order valence-corrected chi connectivity index (χ1v) is 9.04. The zero-order valence-electron chi connectivity index (χ0n) is 14.4. The number of para-hydroxylation sites is 2. The van der Waals surface area contributed by atoms with Crippen LogP contribution in [0, 0.1) is 0 Å². The van der Waals surface area contributed by atoms with Crippen LogP contribution in [0.4, 0.5) is 5.69 Å². The summed E-state index contributed by atoms with van der Waals surface area (Å²) in [7, 11) is 1.56. The molecule has 4 aromatic rings. The van der Waals surface area contributed by atoms with Gasteiger partial charge in [0.05, 0.1) is 12.8 Å². The van der Waals surface area contributed by atoms with Crippen LogP contribution in [0.1, 0.15) is 10.4 Å². The van der Waals surface area contributed by atoms with Crippen molar-refractivity contribution in [2.45, 2.75) is 0 Å². The highest BCUT2D eigenvalue weighted by atomic mass is 79.9. The van der Waals surface area contributed by atoms with Gasteiger partial charge in [-0.25, -0.2) is 4.98 Å². The summed E-state index contributed by atoms with van der Waals surface area (Å²) in [6.45, 7) is 0. The summed E-state index contributed by atoms with van der Waals surface area (Å²) in [5.41, 5.74) is 3.32. The van der Waals surface area contributed by atoms with Gasteiger partial charge in [0.15, 0.2) is 5.58 Å². The Bertz CT molecular complexity index is 1100. The summed E-state index contributed by atoms with van der Waals surface area (Å²) in [5.74, 6) is 0.805. The average molecular weight is 423 g/mol. The Morgan fingerprint density at radius 1 is 1.07 bits per heavy atom. The number of methoxy groups -OCH3 is 1. The number of fused-ring (bicyclic) bond motifs is 1. The van der Waals surface area contributed by atoms with E-state index in [4.69, 9.17) is 9.15 Å². The Hall–Kier alpha value is -3.12. The summed E-state index contributed by atoms with van der Waals surface area (Å²) in [6, 6.07) is 20.2. The molecule has 1 heterocycles. The van der Waals surface area contributed by atoms with Gasteiger partial charge in [-0.15, -0.1) is 0 Å². The Morgan fingerprint density at radius 2 is 1.93 bits per heavy atom. The highest BCUT2D eigenvalue weighted by molar-refractivity contribution is 9.10. The van der Waals surface area contributed by atoms with Crippen LogP contribution >= 0.6 is 15.9 Å². The second-order valence-electron chi connectivity index (χ2n) is 5.87. The number of amides is 1. The summed E-state index contributed by atoms with van der Waals surface area (Å²) in [5, 5.41) is 2.89. The van der Waals surface area contributed by atoms with Crippen molar-refractivity contribution in [2.75, 3.05) is 12.4 Å². The van der Waals surface area contributed by atoms with E-state index in [0.29, 0.717) is 28.5 Å². The first-order chi connectivity index (χ1) is 13.1. The maximum absolute atomic E-state index is 12.6. The normalized spacial score (nSPS) is 10.7. The average Bonchev–Trinajstić information content (AvgIpc) is 3.12. The number of rotatable bonds is 4. The Kier molecular flexibility index (Phi) is 4.64. The first kappa shape index (κ1) is 17.3. The largest absolute Gasteiger partial charge is 0.495 e. The van der Waals surface area contributed by atoms with E-state index in [1.54, 1.807) is 31.4 Å². The van der Waals surface area contributed by atoms with Gasteiger partial charge in [-0.2, -0.15) is 0 Å². The third-order valence-electron chi connectivity index (χ3n) is 4.08. The van der Waals surface area contributed by atoms with Crippen LogP contribution in [-0.4, -0.2) is 18.0 Å². The second kappa shape index (κ2) is 7.25. The lowest BCUT2D eigenvalue weighted by Crippen LogP contribution is -2.12. The van der Waals surface area contributed by atoms with Crippen molar-refractivity contribution in [3.63, 3.8) is 0 Å². The summed E-state index contributed by atoms with van der Waals surface area (Å²) >= 11 is 3.38. The van der Waals surface area contributed by atoms with Gasteiger partial charge < -0.3 is 14.5 Å². The third-order valence-corrected chi connectivity index (χ3v) is 4.57. The molecule has 0 saturated carbocycles. The smallest absolute Gasteiger partial charge is 0.255 e. The van der Waals surface area contributed by atoms with Gasteiger partial charge in [0, 0.05) is 15.6 Å². The number of nitrogens with one attached hydrogen (secondary N) is 1. The Labute approximate surface area is 164 Å². The van der Waals surface area contributed by atoms with E-state index in [2.05, 4.69) is 26.2 Å². The van der Waals surface area contributed by atoms with Gasteiger partial charge in [-0.05, 0) is 48.5 Å². The predicted molar refractivity (Wildman–Crippen MR) is 108 cm³/mol. The van der Waals surface area contributed by atoms with Crippen molar-refractivity contribution >= 4 is 38.6 Å². The molecular formula is C21H15BrN2O3. The summed E-state index contributed by atoms with van der Waals surface area (Å²) < 4.78 is 12.0. The summed E-state index contributed by atoms with van der Waals surface area (Å²) in [6.07, 6.45) is 0. The minimum atomic E-state index is -0.232. The lowest BCUT2D eigenvalue weighted by molar-refractivity contribution is 0.102. The van der Waals surface area contributed by atoms with Crippen LogP contribution < -0.4 is 10.1 Å². The number of oxazole rings is 1. The molecule has 1 aromatic heterocycles. The molecule has 0 bridgehead atoms. The van der Waals surface area contributed by atoms with Crippen LogP contribution in [0.25, 0.3) is 22.6 Å². The highest BCUT2D eigenvalue weighted by Gasteiger charge is 2.14. The van der Waals surface area contributed by atoms with Crippen molar-refractivity contribution < 1.29 is 13.9 Å². The molecule has 134 valence electrons. The van der Waals surface area contributed by atoms with Crippen LogP contribution in [-0.2, 0) is 0 Å². The molecule has 5 nitrogen and oxygen atoms in total. The zero-order chi connectivity index (χ0) is 18.8. The van der Waals surface area contributed by atoms with Crippen molar-refractivity contribution in [1.29, 1.82) is 0 Å². The molecule has 6 heteroatoms. The number of halogens is 1. The maximum Gasteiger partial charge on any atom is 0.255 e. The van der Waals surface area contributed by atoms with E-state index < -0.39 is 0 Å². The molecule has 0 spiro atoms. The van der Waals surface area contributed by atoms with Crippen LogP contribution in [0.2, 0.25) is 0 Å². The van der Waals surface area contributed by atoms with Gasteiger partial charge >= 0.3 is 0 Å². The van der Waals surface area contributed by atoms with Crippen molar-refractivity contribution in [1.82, 2.24) is 4.98 Å². The molecule has 1 amide bonds. The monoisotopic (exact) mass is 422 g/mol. The molecule has 27 heavy (non-hydrogen) atoms. The molecule has 0 aliphatic heterocycles. The van der Waals surface area contributed by atoms with Gasteiger partial charge in [0.1, 0.15) is 11.3 Å². The number of hydrogen-bond donors (Lipinski definition) is 1. The van der Waals surface area contributed by atoms with Gasteiger partial charge in [0.25, 0.3) is 5.91 Å². The van der Waals surface area contributed by atoms with Gasteiger partial charge in [-0.1, -0.05) is 34.1 Å². The van der Waals surface area contributed by atoms with Crippen LogP contribution in [0.3, 0.4) is 0 Å². The number of aromatic nitrogens is 1. The maximum atomic E-state index is 12.6. The molecular weight excluding hydrogens is 408 g/mol. The van der Waals surface area contributed by atoms with E-state index in [9.17, 15) is 4.79 Å². The number of anilines is 1. The van der Waals surface area contributed by atoms with E-state index in [1.807, 2.05) is 42.5 Å². The molecule has 0 fully saturated rings.